The summed E-state index contributed by atoms with van der Waals surface area (Å²) < 4.78 is 0. The molecule has 0 aromatic carbocycles. The lowest BCUT2D eigenvalue weighted by Crippen LogP contribution is -2.19. The Hall–Kier alpha value is -0.0400. The number of rotatable bonds is 0. The topological polar surface area (TPSA) is 21.9 Å². The van der Waals surface area contributed by atoms with Crippen molar-refractivity contribution in [3.8, 4) is 0 Å². The van der Waals surface area contributed by atoms with Crippen LogP contribution in [0.25, 0.3) is 0 Å². The van der Waals surface area contributed by atoms with Gasteiger partial charge in [0.15, 0.2) is 0 Å². The first-order valence-corrected chi connectivity index (χ1v) is 5.46. The van der Waals surface area contributed by atoms with Gasteiger partial charge < -0.3 is 5.32 Å². The van der Waals surface area contributed by atoms with Gasteiger partial charge in [-0.3, -0.25) is 0 Å². The Morgan fingerprint density at radius 3 is 1.67 bits per heavy atom. The second-order valence-corrected chi connectivity index (χ2v) is 5.06. The van der Waals surface area contributed by atoms with Crippen LogP contribution in [-0.4, -0.2) is 11.1 Å². The van der Waals surface area contributed by atoms with Gasteiger partial charge in [0.25, 0.3) is 0 Å². The summed E-state index contributed by atoms with van der Waals surface area (Å²) in [6.07, 6.45) is 10.0. The lowest BCUT2D eigenvalue weighted by molar-refractivity contribution is 0.494. The van der Waals surface area contributed by atoms with Crippen LogP contribution in [0.1, 0.15) is 58.8 Å². The van der Waals surface area contributed by atoms with Gasteiger partial charge in [-0.05, 0) is 26.7 Å². The molecule has 1 N–H and O–H groups in total. The van der Waals surface area contributed by atoms with Crippen LogP contribution >= 0.6 is 0 Å². The fourth-order valence-corrected chi connectivity index (χ4v) is 2.74. The van der Waals surface area contributed by atoms with E-state index < -0.39 is 0 Å². The van der Waals surface area contributed by atoms with E-state index in [0.717, 1.165) is 0 Å². The third kappa shape index (κ3) is 1.28. The third-order valence-electron chi connectivity index (χ3n) is 4.06. The fourth-order valence-electron chi connectivity index (χ4n) is 2.74. The quantitative estimate of drug-likeness (QED) is 0.550. The van der Waals surface area contributed by atoms with Gasteiger partial charge in [-0.1, -0.05) is 32.1 Å². The minimum absolute atomic E-state index is 0.497. The zero-order valence-corrected chi connectivity index (χ0v) is 8.45. The average molecular weight is 167 g/mol. The highest BCUT2D eigenvalue weighted by Gasteiger charge is 2.58. The second-order valence-electron chi connectivity index (χ2n) is 5.06. The molecule has 1 unspecified atom stereocenters. The average Bonchev–Trinajstić information content (AvgIpc) is 2.51. The molecular formula is C11H21N. The lowest BCUT2D eigenvalue weighted by Gasteiger charge is -2.13. The highest BCUT2D eigenvalue weighted by molar-refractivity contribution is 5.21. The van der Waals surface area contributed by atoms with Crippen LogP contribution in [0.4, 0.5) is 0 Å². The van der Waals surface area contributed by atoms with E-state index in [1.807, 2.05) is 0 Å². The number of hydrogen-bond acceptors (Lipinski definition) is 1. The predicted octanol–water partition coefficient (Wildman–Crippen LogP) is 2.85. The van der Waals surface area contributed by atoms with Crippen LogP contribution in [0.15, 0.2) is 0 Å². The van der Waals surface area contributed by atoms with E-state index >= 15 is 0 Å². The Morgan fingerprint density at radius 2 is 1.17 bits per heavy atom. The number of fused-ring (bicyclic) bond motifs is 1. The molecule has 2 fully saturated rings. The minimum Gasteiger partial charge on any atom is -0.303 e. The first-order valence-electron chi connectivity index (χ1n) is 5.46. The Kier molecular flexibility index (Phi) is 1.95. The second kappa shape index (κ2) is 2.73. The van der Waals surface area contributed by atoms with Crippen molar-refractivity contribution in [1.82, 2.24) is 5.32 Å². The molecule has 1 nitrogen and oxygen atoms in total. The highest BCUT2D eigenvalue weighted by atomic mass is 15.3. The first-order chi connectivity index (χ1) is 5.66. The Bertz CT molecular complexity index is 160. The molecule has 0 radical (unpaired) electrons. The van der Waals surface area contributed by atoms with E-state index in [0.29, 0.717) is 11.1 Å². The maximum absolute atomic E-state index is 3.69. The van der Waals surface area contributed by atoms with Gasteiger partial charge in [0.2, 0.25) is 0 Å². The Morgan fingerprint density at radius 1 is 0.750 bits per heavy atom. The maximum Gasteiger partial charge on any atom is 0.0338 e. The van der Waals surface area contributed by atoms with Crippen LogP contribution < -0.4 is 5.32 Å². The maximum atomic E-state index is 3.69. The molecule has 2 rings (SSSR count). The Balaban J connectivity index is 1.99. The van der Waals surface area contributed by atoms with E-state index in [-0.39, 0.29) is 0 Å². The van der Waals surface area contributed by atoms with Crippen molar-refractivity contribution < 1.29 is 0 Å². The fraction of sp³-hybridized carbons (Fsp3) is 1.00. The summed E-state index contributed by atoms with van der Waals surface area (Å²) in [7, 11) is 0. The van der Waals surface area contributed by atoms with Crippen molar-refractivity contribution in [3.63, 3.8) is 0 Å². The summed E-state index contributed by atoms with van der Waals surface area (Å²) in [4.78, 5) is 0. The van der Waals surface area contributed by atoms with Crippen LogP contribution in [0.2, 0.25) is 0 Å². The van der Waals surface area contributed by atoms with Crippen molar-refractivity contribution in [1.29, 1.82) is 0 Å². The van der Waals surface area contributed by atoms with Crippen LogP contribution in [0, 0.1) is 0 Å². The lowest BCUT2D eigenvalue weighted by atomic mass is 9.89. The summed E-state index contributed by atoms with van der Waals surface area (Å²) in [6.45, 7) is 4.80. The smallest absolute Gasteiger partial charge is 0.0338 e. The molecule has 12 heavy (non-hydrogen) atoms. The normalized spacial score (nSPS) is 48.5. The molecule has 0 amide bonds. The minimum atomic E-state index is 0.497. The van der Waals surface area contributed by atoms with E-state index in [2.05, 4.69) is 19.2 Å². The van der Waals surface area contributed by atoms with E-state index in [1.54, 1.807) is 0 Å². The zero-order chi connectivity index (χ0) is 8.66. The Labute approximate surface area is 75.9 Å². The number of hydrogen-bond donors (Lipinski definition) is 1. The third-order valence-corrected chi connectivity index (χ3v) is 4.06. The van der Waals surface area contributed by atoms with Crippen molar-refractivity contribution in [2.75, 3.05) is 0 Å². The van der Waals surface area contributed by atoms with Crippen LogP contribution in [-0.2, 0) is 0 Å². The monoisotopic (exact) mass is 167 g/mol. The van der Waals surface area contributed by atoms with Gasteiger partial charge in [0.05, 0.1) is 0 Å². The summed E-state index contributed by atoms with van der Waals surface area (Å²) >= 11 is 0. The summed E-state index contributed by atoms with van der Waals surface area (Å²) in [5.41, 5.74) is 0.995. The van der Waals surface area contributed by atoms with Gasteiger partial charge in [-0.25, -0.2) is 0 Å². The molecule has 2 aliphatic rings. The van der Waals surface area contributed by atoms with Crippen LogP contribution in [0.5, 0.6) is 0 Å². The molecule has 0 aromatic heterocycles. The number of nitrogens with one attached hydrogen (secondary N) is 1. The standard InChI is InChI=1S/C11H21N/c1-10-8-6-4-3-5-7-9-11(10,2)12-10/h12H,3-9H2,1-2H3/t10-,11?/m0/s1. The molecule has 70 valence electrons. The molecular weight excluding hydrogens is 146 g/mol. The summed E-state index contributed by atoms with van der Waals surface area (Å²) in [5, 5.41) is 3.69. The van der Waals surface area contributed by atoms with Gasteiger partial charge >= 0.3 is 0 Å². The van der Waals surface area contributed by atoms with E-state index in [4.69, 9.17) is 0 Å². The zero-order valence-electron chi connectivity index (χ0n) is 8.45. The van der Waals surface area contributed by atoms with Crippen molar-refractivity contribution in [3.05, 3.63) is 0 Å². The first kappa shape index (κ1) is 8.55. The van der Waals surface area contributed by atoms with Gasteiger partial charge in [0, 0.05) is 11.1 Å². The van der Waals surface area contributed by atoms with Crippen molar-refractivity contribution >= 4 is 0 Å². The molecule has 0 bridgehead atoms. The van der Waals surface area contributed by atoms with Gasteiger partial charge in [-0.15, -0.1) is 0 Å². The molecule has 2 atom stereocenters. The van der Waals surface area contributed by atoms with Crippen molar-refractivity contribution in [2.45, 2.75) is 69.9 Å². The van der Waals surface area contributed by atoms with Gasteiger partial charge in [-0.2, -0.15) is 0 Å². The predicted molar refractivity (Wildman–Crippen MR) is 52.3 cm³/mol. The molecule has 1 aliphatic heterocycles. The van der Waals surface area contributed by atoms with E-state index in [9.17, 15) is 0 Å². The molecule has 1 heteroatoms. The van der Waals surface area contributed by atoms with Crippen molar-refractivity contribution in [2.24, 2.45) is 0 Å². The van der Waals surface area contributed by atoms with Gasteiger partial charge in [0.1, 0.15) is 0 Å². The molecule has 1 saturated carbocycles. The van der Waals surface area contributed by atoms with Crippen LogP contribution in [0.3, 0.4) is 0 Å². The highest BCUT2D eigenvalue weighted by Crippen LogP contribution is 2.46. The molecule has 1 aliphatic carbocycles. The van der Waals surface area contributed by atoms with E-state index in [1.165, 1.54) is 44.9 Å². The molecule has 0 spiro atoms. The summed E-state index contributed by atoms with van der Waals surface area (Å²) in [6, 6.07) is 0. The molecule has 1 heterocycles. The molecule has 0 aromatic rings. The molecule has 1 saturated heterocycles. The SMILES string of the molecule is CC12CCCCCCC[C@]1(C)N2. The largest absolute Gasteiger partial charge is 0.303 e. The summed E-state index contributed by atoms with van der Waals surface area (Å²) in [5.74, 6) is 0.